The Balaban J connectivity index is 2.68. The molecule has 1 amide bonds. The van der Waals surface area contributed by atoms with Crippen molar-refractivity contribution < 1.29 is 9.53 Å². The van der Waals surface area contributed by atoms with Gasteiger partial charge in [0, 0.05) is 19.3 Å². The van der Waals surface area contributed by atoms with Gasteiger partial charge in [0.05, 0.1) is 6.61 Å². The zero-order valence-electron chi connectivity index (χ0n) is 10.7. The molecule has 1 aromatic carbocycles. The van der Waals surface area contributed by atoms with E-state index in [1.165, 1.54) is 5.56 Å². The van der Waals surface area contributed by atoms with Gasteiger partial charge in [0.15, 0.2) is 0 Å². The van der Waals surface area contributed by atoms with Crippen LogP contribution in [-0.4, -0.2) is 32.7 Å². The molecule has 0 saturated carbocycles. The second-order valence-electron chi connectivity index (χ2n) is 4.08. The smallest absolute Gasteiger partial charge is 0.252 e. The van der Waals surface area contributed by atoms with Gasteiger partial charge in [-0.3, -0.25) is 4.79 Å². The van der Waals surface area contributed by atoms with Crippen LogP contribution in [0.4, 0.5) is 5.69 Å². The molecule has 94 valence electrons. The summed E-state index contributed by atoms with van der Waals surface area (Å²) in [6.07, 6.45) is 0. The lowest BCUT2D eigenvalue weighted by atomic mass is 10.1. The molecule has 0 aliphatic heterocycles. The quantitative estimate of drug-likeness (QED) is 0.783. The van der Waals surface area contributed by atoms with Crippen LogP contribution in [-0.2, 0) is 9.53 Å². The van der Waals surface area contributed by atoms with Crippen LogP contribution in [0.2, 0.25) is 0 Å². The summed E-state index contributed by atoms with van der Waals surface area (Å²) >= 11 is 0. The molecule has 1 rings (SSSR count). The summed E-state index contributed by atoms with van der Waals surface area (Å²) in [6.45, 7) is 4.93. The molecule has 4 heteroatoms. The number of nitrogens with two attached hydrogens (primary N) is 1. The van der Waals surface area contributed by atoms with Gasteiger partial charge in [0.25, 0.3) is 5.91 Å². The molecule has 0 bridgehead atoms. The third-order valence-electron chi connectivity index (χ3n) is 2.58. The lowest BCUT2D eigenvalue weighted by molar-refractivity contribution is -0.122. The fourth-order valence-electron chi connectivity index (χ4n) is 1.66. The fourth-order valence-corrected chi connectivity index (χ4v) is 1.66. The van der Waals surface area contributed by atoms with Crippen molar-refractivity contribution in [3.05, 3.63) is 29.3 Å². The molecule has 0 saturated heterocycles. The van der Waals surface area contributed by atoms with Crippen molar-refractivity contribution in [3.63, 3.8) is 0 Å². The fraction of sp³-hybridized carbons (Fsp3) is 0.462. The van der Waals surface area contributed by atoms with E-state index in [9.17, 15) is 4.79 Å². The number of carbonyl (C=O) groups excluding carboxylic acids is 1. The number of amides is 1. The van der Waals surface area contributed by atoms with E-state index in [1.807, 2.05) is 26.0 Å². The summed E-state index contributed by atoms with van der Waals surface area (Å²) in [4.78, 5) is 13.4. The molecule has 4 nitrogen and oxygen atoms in total. The monoisotopic (exact) mass is 236 g/mol. The summed E-state index contributed by atoms with van der Waals surface area (Å²) in [6, 6.07) is 6.00. The Labute approximate surface area is 102 Å². The van der Waals surface area contributed by atoms with Gasteiger partial charge in [-0.05, 0) is 25.5 Å². The van der Waals surface area contributed by atoms with Crippen LogP contribution in [0, 0.1) is 13.8 Å². The number of benzene rings is 1. The molecule has 0 aliphatic carbocycles. The van der Waals surface area contributed by atoms with Crippen molar-refractivity contribution >= 4 is 11.6 Å². The minimum Gasteiger partial charge on any atom is -0.370 e. The number of carbonyl (C=O) groups is 1. The first-order valence-electron chi connectivity index (χ1n) is 5.68. The summed E-state index contributed by atoms with van der Waals surface area (Å²) in [7, 11) is 1.76. The maximum absolute atomic E-state index is 11.8. The molecule has 17 heavy (non-hydrogen) atoms. The van der Waals surface area contributed by atoms with E-state index in [2.05, 4.69) is 6.07 Å². The lowest BCUT2D eigenvalue weighted by Gasteiger charge is -2.19. The van der Waals surface area contributed by atoms with Gasteiger partial charge in [-0.1, -0.05) is 17.7 Å². The maximum Gasteiger partial charge on any atom is 0.252 e. The number of ether oxygens (including phenoxy) is 1. The van der Waals surface area contributed by atoms with Crippen LogP contribution in [0.5, 0.6) is 0 Å². The Hall–Kier alpha value is -1.39. The summed E-state index contributed by atoms with van der Waals surface area (Å²) < 4.78 is 5.13. The molecular weight excluding hydrogens is 216 g/mol. The second-order valence-corrected chi connectivity index (χ2v) is 4.08. The van der Waals surface area contributed by atoms with Crippen LogP contribution in [0.25, 0.3) is 0 Å². The van der Waals surface area contributed by atoms with Crippen molar-refractivity contribution in [2.24, 2.45) is 5.73 Å². The van der Waals surface area contributed by atoms with Crippen molar-refractivity contribution in [1.82, 2.24) is 0 Å². The first kappa shape index (κ1) is 13.7. The van der Waals surface area contributed by atoms with E-state index in [1.54, 1.807) is 11.9 Å². The molecule has 0 aromatic heterocycles. The van der Waals surface area contributed by atoms with Gasteiger partial charge in [0.2, 0.25) is 0 Å². The van der Waals surface area contributed by atoms with Gasteiger partial charge in [-0.25, -0.2) is 0 Å². The van der Waals surface area contributed by atoms with Crippen molar-refractivity contribution in [2.75, 3.05) is 31.7 Å². The van der Waals surface area contributed by atoms with Crippen molar-refractivity contribution in [2.45, 2.75) is 13.8 Å². The number of hydrogen-bond acceptors (Lipinski definition) is 3. The normalized spacial score (nSPS) is 10.4. The molecule has 1 aromatic rings. The van der Waals surface area contributed by atoms with Crippen LogP contribution in [0.3, 0.4) is 0 Å². The average Bonchev–Trinajstić information content (AvgIpc) is 2.28. The minimum absolute atomic E-state index is 0.0644. The van der Waals surface area contributed by atoms with Crippen LogP contribution >= 0.6 is 0 Å². The van der Waals surface area contributed by atoms with Crippen molar-refractivity contribution in [1.29, 1.82) is 0 Å². The molecule has 0 heterocycles. The molecule has 0 atom stereocenters. The number of rotatable bonds is 5. The largest absolute Gasteiger partial charge is 0.370 e. The van der Waals surface area contributed by atoms with Gasteiger partial charge in [0.1, 0.15) is 6.61 Å². The van der Waals surface area contributed by atoms with E-state index >= 15 is 0 Å². The average molecular weight is 236 g/mol. The highest BCUT2D eigenvalue weighted by Crippen LogP contribution is 2.19. The second kappa shape index (κ2) is 6.37. The van der Waals surface area contributed by atoms with E-state index in [0.29, 0.717) is 13.2 Å². The van der Waals surface area contributed by atoms with E-state index in [4.69, 9.17) is 10.5 Å². The van der Waals surface area contributed by atoms with Crippen LogP contribution in [0.15, 0.2) is 18.2 Å². The number of hydrogen-bond donors (Lipinski definition) is 1. The maximum atomic E-state index is 11.8. The van der Waals surface area contributed by atoms with E-state index in [-0.39, 0.29) is 12.5 Å². The molecule has 0 radical (unpaired) electrons. The third-order valence-corrected chi connectivity index (χ3v) is 2.58. The summed E-state index contributed by atoms with van der Waals surface area (Å²) in [5, 5.41) is 0. The standard InChI is InChI=1S/C13H20N2O2/c1-10-4-5-12(11(2)8-10)15(3)13(16)9-17-7-6-14/h4-5,8H,6-7,9,14H2,1-3H3. The van der Waals surface area contributed by atoms with Gasteiger partial charge >= 0.3 is 0 Å². The van der Waals surface area contributed by atoms with Crippen molar-refractivity contribution in [3.8, 4) is 0 Å². The number of likely N-dealkylation sites (N-methyl/N-ethyl adjacent to an activating group) is 1. The van der Waals surface area contributed by atoms with Crippen LogP contribution in [0.1, 0.15) is 11.1 Å². The first-order valence-corrected chi connectivity index (χ1v) is 5.68. The number of nitrogens with zero attached hydrogens (tertiary/aromatic N) is 1. The topological polar surface area (TPSA) is 55.6 Å². The minimum atomic E-state index is -0.0644. The van der Waals surface area contributed by atoms with Gasteiger partial charge in [-0.15, -0.1) is 0 Å². The Morgan fingerprint density at radius 3 is 2.71 bits per heavy atom. The Morgan fingerprint density at radius 1 is 1.41 bits per heavy atom. The van der Waals surface area contributed by atoms with Gasteiger partial charge < -0.3 is 15.4 Å². The molecule has 0 spiro atoms. The summed E-state index contributed by atoms with van der Waals surface area (Å²) in [5.74, 6) is -0.0644. The summed E-state index contributed by atoms with van der Waals surface area (Å²) in [5.41, 5.74) is 8.48. The molecule has 2 N–H and O–H groups in total. The predicted octanol–water partition coefficient (Wildman–Crippen LogP) is 1.24. The SMILES string of the molecule is Cc1ccc(N(C)C(=O)COCCN)c(C)c1. The van der Waals surface area contributed by atoms with E-state index in [0.717, 1.165) is 11.3 Å². The molecule has 0 fully saturated rings. The zero-order valence-corrected chi connectivity index (χ0v) is 10.7. The zero-order chi connectivity index (χ0) is 12.8. The Bertz CT molecular complexity index is 391. The van der Waals surface area contributed by atoms with E-state index < -0.39 is 0 Å². The molecule has 0 aliphatic rings. The highest BCUT2D eigenvalue weighted by Gasteiger charge is 2.12. The Kier molecular flexibility index (Phi) is 5.12. The lowest BCUT2D eigenvalue weighted by Crippen LogP contribution is -2.31. The van der Waals surface area contributed by atoms with Gasteiger partial charge in [-0.2, -0.15) is 0 Å². The number of anilines is 1. The highest BCUT2D eigenvalue weighted by atomic mass is 16.5. The Morgan fingerprint density at radius 2 is 2.12 bits per heavy atom. The number of aryl methyl sites for hydroxylation is 2. The molecular formula is C13H20N2O2. The third kappa shape index (κ3) is 3.84. The molecule has 0 unspecified atom stereocenters. The first-order chi connectivity index (χ1) is 8.06. The van der Waals surface area contributed by atoms with Crippen LogP contribution < -0.4 is 10.6 Å². The highest BCUT2D eigenvalue weighted by molar-refractivity contribution is 5.94. The predicted molar refractivity (Wildman–Crippen MR) is 69.2 cm³/mol.